The van der Waals surface area contributed by atoms with Crippen molar-refractivity contribution in [3.8, 4) is 0 Å². The highest BCUT2D eigenvalue weighted by Crippen LogP contribution is 2.23. The van der Waals surface area contributed by atoms with Gasteiger partial charge in [-0.05, 0) is 57.8 Å². The summed E-state index contributed by atoms with van der Waals surface area (Å²) >= 11 is 0. The van der Waals surface area contributed by atoms with E-state index < -0.39 is 49.5 Å². The second-order valence-electron chi connectivity index (χ2n) is 20.3. The predicted octanol–water partition coefficient (Wildman–Crippen LogP) is 12.9. The fourth-order valence-electron chi connectivity index (χ4n) is 9.13. The maximum absolute atomic E-state index is 13.0. The normalized spacial score (nSPS) is 19.4. The van der Waals surface area contributed by atoms with Crippen LogP contribution < -0.4 is 5.32 Å². The maximum Gasteiger partial charge on any atom is 0.305 e. The van der Waals surface area contributed by atoms with Gasteiger partial charge in [-0.2, -0.15) is 0 Å². The molecule has 1 saturated heterocycles. The van der Waals surface area contributed by atoms with Crippen molar-refractivity contribution in [1.82, 2.24) is 5.32 Å². The van der Waals surface area contributed by atoms with Crippen LogP contribution in [0.15, 0.2) is 24.3 Å². The molecule has 0 aromatic rings. The highest BCUT2D eigenvalue weighted by Gasteiger charge is 2.44. The summed E-state index contributed by atoms with van der Waals surface area (Å²) in [4.78, 5) is 25.0. The zero-order valence-electron chi connectivity index (χ0n) is 44.5. The number of unbranched alkanes of at least 4 members (excludes halogenated alkanes) is 34. The molecule has 1 aliphatic heterocycles. The van der Waals surface area contributed by atoms with Gasteiger partial charge < -0.3 is 45.1 Å². The summed E-state index contributed by atoms with van der Waals surface area (Å²) in [5.74, 6) is -0.200. The molecule has 11 nitrogen and oxygen atoms in total. The zero-order valence-corrected chi connectivity index (χ0v) is 44.5. The fraction of sp³-hybridized carbons (Fsp3) is 0.897. The lowest BCUT2D eigenvalue weighted by atomic mass is 9.99. The van der Waals surface area contributed by atoms with Crippen molar-refractivity contribution in [2.45, 2.75) is 314 Å². The smallest absolute Gasteiger partial charge is 0.305 e. The van der Waals surface area contributed by atoms with E-state index in [1.54, 1.807) is 6.08 Å². The van der Waals surface area contributed by atoms with Gasteiger partial charge in [0.05, 0.1) is 32.0 Å². The molecule has 11 heteroatoms. The van der Waals surface area contributed by atoms with Gasteiger partial charge in [-0.15, -0.1) is 0 Å². The van der Waals surface area contributed by atoms with Crippen LogP contribution in [0.2, 0.25) is 0 Å². The van der Waals surface area contributed by atoms with E-state index in [0.29, 0.717) is 19.4 Å². The minimum Gasteiger partial charge on any atom is -0.466 e. The third kappa shape index (κ3) is 38.4. The first-order chi connectivity index (χ1) is 33.7. The van der Waals surface area contributed by atoms with Crippen LogP contribution in [0.25, 0.3) is 0 Å². The summed E-state index contributed by atoms with van der Waals surface area (Å²) in [6.45, 7) is 4.31. The van der Waals surface area contributed by atoms with E-state index in [9.17, 15) is 35.1 Å². The predicted molar refractivity (Wildman–Crippen MR) is 283 cm³/mol. The Balaban J connectivity index is 2.07. The molecule has 1 amide bonds. The summed E-state index contributed by atoms with van der Waals surface area (Å²) in [5, 5.41) is 54.2. The second kappa shape index (κ2) is 48.4. The summed E-state index contributed by atoms with van der Waals surface area (Å²) in [6, 6.07) is -0.814. The molecule has 1 heterocycles. The molecule has 0 aromatic carbocycles. The number of ether oxygens (including phenoxy) is 3. The molecule has 7 atom stereocenters. The van der Waals surface area contributed by atoms with Crippen LogP contribution >= 0.6 is 0 Å². The number of rotatable bonds is 50. The van der Waals surface area contributed by atoms with E-state index in [1.807, 2.05) is 6.08 Å². The number of hydrogen-bond donors (Lipinski definition) is 6. The monoisotopic (exact) mass is 980 g/mol. The van der Waals surface area contributed by atoms with Crippen LogP contribution in [0.1, 0.15) is 271 Å². The Morgan fingerprint density at radius 1 is 0.522 bits per heavy atom. The van der Waals surface area contributed by atoms with Gasteiger partial charge in [0, 0.05) is 12.8 Å². The molecule has 7 unspecified atom stereocenters. The van der Waals surface area contributed by atoms with Crippen LogP contribution in [-0.4, -0.2) is 100 Å². The van der Waals surface area contributed by atoms with E-state index in [-0.39, 0.29) is 18.5 Å². The minimum atomic E-state index is -1.57. The van der Waals surface area contributed by atoms with Crippen LogP contribution in [0.4, 0.5) is 0 Å². The highest BCUT2D eigenvalue weighted by atomic mass is 16.7. The molecule has 406 valence electrons. The molecule has 1 rings (SSSR count). The Kier molecular flexibility index (Phi) is 45.7. The lowest BCUT2D eigenvalue weighted by molar-refractivity contribution is -0.302. The number of carbonyl (C=O) groups is 2. The van der Waals surface area contributed by atoms with Crippen molar-refractivity contribution in [3.63, 3.8) is 0 Å². The number of aliphatic hydroxyl groups is 5. The standard InChI is InChI=1S/C58H109NO10/c1-3-5-7-9-11-13-25-30-34-38-42-46-54(63)67-47-43-39-35-31-27-24-22-20-18-16-15-17-19-21-23-26-29-33-37-41-45-53(62)59-50(49-68-58-57(66)56(65)55(64)52(48-60)69-58)51(61)44-40-36-32-28-14-12-10-8-6-4-2/h15,17,40,44,50-52,55-58,60-61,64-66H,3-14,16,18-39,41-43,45-49H2,1-2H3,(H,59,62)/b17-15-,44-40+. The molecular formula is C58H109NO10. The van der Waals surface area contributed by atoms with Crippen molar-refractivity contribution < 1.29 is 49.3 Å². The molecular weight excluding hydrogens is 871 g/mol. The van der Waals surface area contributed by atoms with E-state index in [0.717, 1.165) is 77.0 Å². The van der Waals surface area contributed by atoms with Crippen LogP contribution in [-0.2, 0) is 23.8 Å². The van der Waals surface area contributed by atoms with Gasteiger partial charge in [0.2, 0.25) is 5.91 Å². The summed E-state index contributed by atoms with van der Waals surface area (Å²) in [5.41, 5.74) is 0. The lowest BCUT2D eigenvalue weighted by Crippen LogP contribution is -2.60. The first-order valence-corrected chi connectivity index (χ1v) is 29.1. The molecule has 1 fully saturated rings. The zero-order chi connectivity index (χ0) is 50.3. The Morgan fingerprint density at radius 3 is 1.39 bits per heavy atom. The average molecular weight is 981 g/mol. The number of carbonyl (C=O) groups excluding carboxylic acids is 2. The van der Waals surface area contributed by atoms with Crippen LogP contribution in [0.3, 0.4) is 0 Å². The minimum absolute atomic E-state index is 0.00818. The number of esters is 1. The Bertz CT molecular complexity index is 1200. The molecule has 0 saturated carbocycles. The summed E-state index contributed by atoms with van der Waals surface area (Å²) < 4.78 is 16.7. The number of aliphatic hydroxyl groups excluding tert-OH is 5. The van der Waals surface area contributed by atoms with Crippen molar-refractivity contribution in [2.24, 2.45) is 0 Å². The lowest BCUT2D eigenvalue weighted by Gasteiger charge is -2.40. The molecule has 6 N–H and O–H groups in total. The van der Waals surface area contributed by atoms with Crippen molar-refractivity contribution in [3.05, 3.63) is 24.3 Å². The molecule has 0 spiro atoms. The second-order valence-corrected chi connectivity index (χ2v) is 20.3. The highest BCUT2D eigenvalue weighted by molar-refractivity contribution is 5.76. The van der Waals surface area contributed by atoms with E-state index in [2.05, 4.69) is 31.3 Å². The van der Waals surface area contributed by atoms with Gasteiger partial charge in [-0.25, -0.2) is 0 Å². The van der Waals surface area contributed by atoms with Gasteiger partial charge in [0.15, 0.2) is 6.29 Å². The number of hydrogen-bond acceptors (Lipinski definition) is 10. The maximum atomic E-state index is 13.0. The Morgan fingerprint density at radius 2 is 0.928 bits per heavy atom. The van der Waals surface area contributed by atoms with Crippen molar-refractivity contribution in [2.75, 3.05) is 19.8 Å². The molecule has 0 radical (unpaired) electrons. The van der Waals surface area contributed by atoms with Crippen LogP contribution in [0, 0.1) is 0 Å². The van der Waals surface area contributed by atoms with E-state index >= 15 is 0 Å². The fourth-order valence-corrected chi connectivity index (χ4v) is 9.13. The van der Waals surface area contributed by atoms with Crippen molar-refractivity contribution in [1.29, 1.82) is 0 Å². The van der Waals surface area contributed by atoms with E-state index in [4.69, 9.17) is 14.2 Å². The van der Waals surface area contributed by atoms with Crippen molar-refractivity contribution >= 4 is 11.9 Å². The average Bonchev–Trinajstić information content (AvgIpc) is 3.34. The topological polar surface area (TPSA) is 175 Å². The molecule has 69 heavy (non-hydrogen) atoms. The number of nitrogens with one attached hydrogen (secondary N) is 1. The quantitative estimate of drug-likeness (QED) is 0.0196. The number of allylic oxidation sites excluding steroid dienone is 3. The molecule has 0 aromatic heterocycles. The van der Waals surface area contributed by atoms with E-state index in [1.165, 1.54) is 167 Å². The van der Waals surface area contributed by atoms with Gasteiger partial charge in [0.25, 0.3) is 0 Å². The Labute approximate surface area is 422 Å². The van der Waals surface area contributed by atoms with Crippen LogP contribution in [0.5, 0.6) is 0 Å². The third-order valence-corrected chi connectivity index (χ3v) is 13.8. The largest absolute Gasteiger partial charge is 0.466 e. The van der Waals surface area contributed by atoms with Gasteiger partial charge in [-0.3, -0.25) is 9.59 Å². The molecule has 1 aliphatic rings. The first kappa shape index (κ1) is 65.2. The third-order valence-electron chi connectivity index (χ3n) is 13.8. The van der Waals surface area contributed by atoms with Gasteiger partial charge in [-0.1, -0.05) is 224 Å². The SMILES string of the molecule is CCCCCCCCCC/C=C/C(O)C(COC1OC(CO)C(O)C(O)C1O)NC(=O)CCCCCCCCC/C=C\CCCCCCCCCCCOC(=O)CCCCCCCCCCCCC. The first-order valence-electron chi connectivity index (χ1n) is 29.1. The molecule has 0 aliphatic carbocycles. The summed E-state index contributed by atoms with van der Waals surface area (Å²) in [7, 11) is 0. The molecule has 0 bridgehead atoms. The Hall–Kier alpha value is -1.86. The van der Waals surface area contributed by atoms with Gasteiger partial charge in [0.1, 0.15) is 24.4 Å². The summed E-state index contributed by atoms with van der Waals surface area (Å²) in [6.07, 6.45) is 47.0. The van der Waals surface area contributed by atoms with Gasteiger partial charge >= 0.3 is 5.97 Å². The number of amides is 1.